The van der Waals surface area contributed by atoms with Crippen molar-refractivity contribution >= 4 is 11.9 Å². The first-order chi connectivity index (χ1) is 9.25. The van der Waals surface area contributed by atoms with Crippen LogP contribution in [-0.4, -0.2) is 12.3 Å². The fourth-order valence-corrected chi connectivity index (χ4v) is 2.16. The third kappa shape index (κ3) is 2.19. The summed E-state index contributed by atoms with van der Waals surface area (Å²) in [5.41, 5.74) is 1.15. The van der Waals surface area contributed by atoms with Crippen LogP contribution in [0.2, 0.25) is 0 Å². The molecule has 0 radical (unpaired) electrons. The van der Waals surface area contributed by atoms with Crippen LogP contribution in [0.4, 0.5) is 4.39 Å². The molecule has 0 aromatic heterocycles. The Bertz CT molecular complexity index is 762. The maximum atomic E-state index is 14.0. The summed E-state index contributed by atoms with van der Waals surface area (Å²) in [6, 6.07) is 14.4. The molecule has 0 bridgehead atoms. The molecule has 3 heteroatoms. The van der Waals surface area contributed by atoms with Gasteiger partial charge < -0.3 is 0 Å². The maximum absolute atomic E-state index is 14.0. The van der Waals surface area contributed by atoms with E-state index in [1.54, 1.807) is 18.3 Å². The second-order valence-corrected chi connectivity index (χ2v) is 4.49. The van der Waals surface area contributed by atoms with Gasteiger partial charge in [0.25, 0.3) is 0 Å². The van der Waals surface area contributed by atoms with Crippen molar-refractivity contribution in [2.75, 3.05) is 0 Å². The van der Waals surface area contributed by atoms with Gasteiger partial charge in [-0.1, -0.05) is 30.3 Å². The van der Waals surface area contributed by atoms with Gasteiger partial charge in [0.05, 0.1) is 17.1 Å². The number of nitrogens with zero attached hydrogens (tertiary/aromatic N) is 2. The third-order valence-corrected chi connectivity index (χ3v) is 3.05. The molecule has 2 aromatic rings. The average molecular weight is 252 g/mol. The number of hydrogen-bond acceptors (Lipinski definition) is 2. The van der Waals surface area contributed by atoms with Gasteiger partial charge in [-0.25, -0.2) is 4.39 Å². The van der Waals surface area contributed by atoms with Crippen LogP contribution in [0.25, 0.3) is 5.70 Å². The number of para-hydroxylation sites is 1. The summed E-state index contributed by atoms with van der Waals surface area (Å²) in [4.78, 5) is 8.99. The molecule has 1 atom stereocenters. The highest BCUT2D eigenvalue weighted by molar-refractivity contribution is 5.77. The Balaban J connectivity index is 2.40. The second kappa shape index (κ2) is 4.76. The topological polar surface area (TPSA) is 24.7 Å². The van der Waals surface area contributed by atoms with Crippen LogP contribution in [0.5, 0.6) is 0 Å². The minimum absolute atomic E-state index is 0.00887. The number of aliphatic imine (C=N–C) groups is 1. The summed E-state index contributed by atoms with van der Waals surface area (Å²) in [6.45, 7) is 1.96. The monoisotopic (exact) mass is 252 g/mol. The Morgan fingerprint density at radius 3 is 2.58 bits per heavy atom. The lowest BCUT2D eigenvalue weighted by Crippen LogP contribution is -2.27. The lowest BCUT2D eigenvalue weighted by Gasteiger charge is -2.03. The molecule has 0 saturated heterocycles. The highest BCUT2D eigenvalue weighted by atomic mass is 19.1. The van der Waals surface area contributed by atoms with Crippen molar-refractivity contribution in [1.82, 2.24) is 0 Å². The van der Waals surface area contributed by atoms with Crippen LogP contribution in [0.3, 0.4) is 0 Å². The minimum atomic E-state index is -0.265. The lowest BCUT2D eigenvalue weighted by molar-refractivity contribution is 0.623. The highest BCUT2D eigenvalue weighted by Crippen LogP contribution is 2.16. The van der Waals surface area contributed by atoms with Gasteiger partial charge in [0, 0.05) is 17.0 Å². The molecule has 2 nitrogen and oxygen atoms in total. The molecule has 0 N–H and O–H groups in total. The van der Waals surface area contributed by atoms with E-state index < -0.39 is 0 Å². The Labute approximate surface area is 110 Å². The van der Waals surface area contributed by atoms with Crippen molar-refractivity contribution in [1.29, 1.82) is 0 Å². The molecule has 2 aromatic carbocycles. The van der Waals surface area contributed by atoms with Crippen molar-refractivity contribution in [3.63, 3.8) is 0 Å². The molecule has 0 aliphatic carbocycles. The van der Waals surface area contributed by atoms with E-state index in [0.29, 0.717) is 11.3 Å². The van der Waals surface area contributed by atoms with Crippen molar-refractivity contribution in [2.45, 2.75) is 13.0 Å². The van der Waals surface area contributed by atoms with E-state index in [1.165, 1.54) is 6.07 Å². The van der Waals surface area contributed by atoms with E-state index in [9.17, 15) is 4.39 Å². The molecule has 0 amide bonds. The van der Waals surface area contributed by atoms with Crippen LogP contribution >= 0.6 is 0 Å². The molecule has 1 aliphatic heterocycles. The fraction of sp³-hybridized carbons (Fsp3) is 0.125. The number of benzene rings is 2. The first kappa shape index (κ1) is 11.8. The zero-order chi connectivity index (χ0) is 13.2. The standard InChI is InChI=1S/C16H13FN2/c1-11-10-18-16(12-6-2-4-8-14(12)17)13-7-3-5-9-15(13)19-11/h2-11H,1H3. The smallest absolute Gasteiger partial charge is 0.132 e. The van der Waals surface area contributed by atoms with Crippen LogP contribution in [0.15, 0.2) is 58.5 Å². The summed E-state index contributed by atoms with van der Waals surface area (Å²) >= 11 is 0. The summed E-state index contributed by atoms with van der Waals surface area (Å²) in [6.07, 6.45) is 1.75. The number of rotatable bonds is 1. The number of hydrogen-bond donors (Lipinski definition) is 0. The van der Waals surface area contributed by atoms with Crippen LogP contribution < -0.4 is 10.6 Å². The van der Waals surface area contributed by atoms with Crippen LogP contribution in [0, 0.1) is 5.82 Å². The van der Waals surface area contributed by atoms with Gasteiger partial charge in [-0.2, -0.15) is 0 Å². The molecule has 1 heterocycles. The van der Waals surface area contributed by atoms with Gasteiger partial charge >= 0.3 is 0 Å². The van der Waals surface area contributed by atoms with E-state index in [2.05, 4.69) is 9.98 Å². The Hall–Kier alpha value is -2.29. The summed E-state index contributed by atoms with van der Waals surface area (Å²) < 4.78 is 14.0. The molecule has 0 fully saturated rings. The SMILES string of the molecule is CC1C=NC(c2ccccc2F)=c2ccccc2=N1. The summed E-state index contributed by atoms with van der Waals surface area (Å²) in [7, 11) is 0. The third-order valence-electron chi connectivity index (χ3n) is 3.05. The Kier molecular flexibility index (Phi) is 2.95. The maximum Gasteiger partial charge on any atom is 0.132 e. The van der Waals surface area contributed by atoms with E-state index in [1.807, 2.05) is 37.3 Å². The van der Waals surface area contributed by atoms with Gasteiger partial charge in [-0.15, -0.1) is 0 Å². The summed E-state index contributed by atoms with van der Waals surface area (Å²) in [5, 5.41) is 1.72. The normalized spacial score (nSPS) is 17.6. The van der Waals surface area contributed by atoms with Crippen LogP contribution in [-0.2, 0) is 0 Å². The van der Waals surface area contributed by atoms with E-state index >= 15 is 0 Å². The van der Waals surface area contributed by atoms with Crippen molar-refractivity contribution < 1.29 is 4.39 Å². The van der Waals surface area contributed by atoms with Gasteiger partial charge in [0.15, 0.2) is 0 Å². The Morgan fingerprint density at radius 1 is 1.00 bits per heavy atom. The lowest BCUT2D eigenvalue weighted by atomic mass is 10.1. The van der Waals surface area contributed by atoms with Crippen molar-refractivity contribution in [3.05, 3.63) is 70.5 Å². The molecule has 1 unspecified atom stereocenters. The van der Waals surface area contributed by atoms with Gasteiger partial charge in [-0.05, 0) is 25.1 Å². The molecule has 1 aliphatic rings. The van der Waals surface area contributed by atoms with Gasteiger partial charge in [0.1, 0.15) is 5.82 Å². The first-order valence-corrected chi connectivity index (χ1v) is 6.22. The van der Waals surface area contributed by atoms with Crippen molar-refractivity contribution in [3.8, 4) is 0 Å². The highest BCUT2D eigenvalue weighted by Gasteiger charge is 2.10. The Morgan fingerprint density at radius 2 is 1.74 bits per heavy atom. The van der Waals surface area contributed by atoms with E-state index in [-0.39, 0.29) is 11.9 Å². The first-order valence-electron chi connectivity index (χ1n) is 6.22. The zero-order valence-electron chi connectivity index (χ0n) is 10.5. The number of halogens is 1. The minimum Gasteiger partial charge on any atom is -0.276 e. The molecule has 0 saturated carbocycles. The van der Waals surface area contributed by atoms with E-state index in [0.717, 1.165) is 10.6 Å². The fourth-order valence-electron chi connectivity index (χ4n) is 2.16. The predicted octanol–water partition coefficient (Wildman–Crippen LogP) is 2.07. The number of fused-ring (bicyclic) bond motifs is 1. The molecular weight excluding hydrogens is 239 g/mol. The van der Waals surface area contributed by atoms with Gasteiger partial charge in [0.2, 0.25) is 0 Å². The van der Waals surface area contributed by atoms with Crippen molar-refractivity contribution in [2.24, 2.45) is 9.98 Å². The quantitative estimate of drug-likeness (QED) is 0.742. The second-order valence-electron chi connectivity index (χ2n) is 4.49. The van der Waals surface area contributed by atoms with Crippen LogP contribution in [0.1, 0.15) is 12.5 Å². The van der Waals surface area contributed by atoms with E-state index in [4.69, 9.17) is 0 Å². The van der Waals surface area contributed by atoms with Gasteiger partial charge in [-0.3, -0.25) is 9.98 Å². The zero-order valence-corrected chi connectivity index (χ0v) is 10.5. The molecular formula is C16H13FN2. The summed E-state index contributed by atoms with van der Waals surface area (Å²) in [5.74, 6) is -0.265. The molecule has 3 rings (SSSR count). The molecule has 0 spiro atoms. The largest absolute Gasteiger partial charge is 0.276 e. The average Bonchev–Trinajstić information content (AvgIpc) is 2.58. The predicted molar refractivity (Wildman–Crippen MR) is 74.1 cm³/mol. The molecule has 94 valence electrons. The molecule has 19 heavy (non-hydrogen) atoms.